The summed E-state index contributed by atoms with van der Waals surface area (Å²) in [5.41, 5.74) is 4.44. The summed E-state index contributed by atoms with van der Waals surface area (Å²) in [5, 5.41) is 3.19. The Balaban J connectivity index is 1.51. The van der Waals surface area contributed by atoms with Crippen LogP contribution in [0, 0.1) is 10.8 Å². The molecule has 1 aliphatic heterocycles. The highest BCUT2D eigenvalue weighted by atomic mass is 79.9. The van der Waals surface area contributed by atoms with Crippen molar-refractivity contribution in [3.05, 3.63) is 78.5 Å². The van der Waals surface area contributed by atoms with Crippen molar-refractivity contribution in [1.82, 2.24) is 4.90 Å². The first-order valence-corrected chi connectivity index (χ1v) is 15.6. The number of allylic oxidation sites excluding steroid dienone is 4. The van der Waals surface area contributed by atoms with Crippen molar-refractivity contribution >= 4 is 66.6 Å². The molecule has 2 aliphatic carbocycles. The van der Waals surface area contributed by atoms with E-state index in [9.17, 15) is 14.4 Å². The molecule has 0 fully saturated rings. The second-order valence-corrected chi connectivity index (χ2v) is 14.8. The largest absolute Gasteiger partial charge is 0.481 e. The zero-order chi connectivity index (χ0) is 29.9. The van der Waals surface area contributed by atoms with Crippen LogP contribution in [0.1, 0.15) is 64.9 Å². The minimum Gasteiger partial charge on any atom is -0.481 e. The number of nitrogens with zero attached hydrogens (tertiary/aromatic N) is 1. The van der Waals surface area contributed by atoms with E-state index in [1.807, 2.05) is 19.2 Å². The van der Waals surface area contributed by atoms with E-state index in [1.54, 1.807) is 24.3 Å². The highest BCUT2D eigenvalue weighted by molar-refractivity contribution is 9.11. The minimum atomic E-state index is -0.464. The molecule has 0 radical (unpaired) electrons. The lowest BCUT2D eigenvalue weighted by atomic mass is 9.64. The van der Waals surface area contributed by atoms with E-state index in [1.165, 1.54) is 0 Å². The lowest BCUT2D eigenvalue weighted by molar-refractivity contribution is -0.120. The molecule has 5 rings (SSSR count). The van der Waals surface area contributed by atoms with E-state index < -0.39 is 5.92 Å². The van der Waals surface area contributed by atoms with Crippen LogP contribution in [0.25, 0.3) is 0 Å². The summed E-state index contributed by atoms with van der Waals surface area (Å²) in [6.07, 6.45) is 2.39. The number of ketones is 2. The van der Waals surface area contributed by atoms with E-state index in [0.717, 1.165) is 29.8 Å². The molecule has 1 heterocycles. The van der Waals surface area contributed by atoms with Crippen LogP contribution in [-0.2, 0) is 14.4 Å². The molecule has 0 aromatic heterocycles. The van der Waals surface area contributed by atoms with Gasteiger partial charge in [0.15, 0.2) is 18.2 Å². The monoisotopic (exact) mass is 702 g/mol. The highest BCUT2D eigenvalue weighted by Crippen LogP contribution is 2.54. The van der Waals surface area contributed by atoms with Crippen LogP contribution < -0.4 is 10.1 Å². The summed E-state index contributed by atoms with van der Waals surface area (Å²) in [5.74, 6) is -0.200. The average molecular weight is 705 g/mol. The third-order valence-corrected chi connectivity index (χ3v) is 9.54. The van der Waals surface area contributed by atoms with Crippen LogP contribution in [0.3, 0.4) is 0 Å². The molecular weight excluding hydrogens is 672 g/mol. The Morgan fingerprint density at radius 1 is 0.951 bits per heavy atom. The molecule has 6 nitrogen and oxygen atoms in total. The second kappa shape index (κ2) is 11.0. The molecule has 9 heteroatoms. The number of ether oxygens (including phenoxy) is 1. The molecule has 41 heavy (non-hydrogen) atoms. The van der Waals surface area contributed by atoms with E-state index in [4.69, 9.17) is 16.3 Å². The molecule has 0 bridgehead atoms. The number of carbonyl (C=O) groups is 3. The van der Waals surface area contributed by atoms with E-state index >= 15 is 0 Å². The number of benzene rings is 2. The van der Waals surface area contributed by atoms with Crippen LogP contribution in [0.5, 0.6) is 5.75 Å². The SMILES string of the molecule is CN1C2=C(C(=O)CC(C)(C)C2)C(c2cc(Br)c(OCC(=O)Nc3ccccc3Cl)c(Br)c2)C2=C1CC(C)(C)CC2=O. The number of Topliss-reactive ketones (excluding diaryl/α,β-unsaturated/α-hetero) is 2. The third-order valence-electron chi connectivity index (χ3n) is 8.03. The fourth-order valence-corrected chi connectivity index (χ4v) is 7.90. The maximum Gasteiger partial charge on any atom is 0.262 e. The van der Waals surface area contributed by atoms with Gasteiger partial charge in [-0.25, -0.2) is 0 Å². The average Bonchev–Trinajstić information content (AvgIpc) is 2.85. The summed E-state index contributed by atoms with van der Waals surface area (Å²) >= 11 is 13.4. The Hall–Kier alpha value is -2.42. The van der Waals surface area contributed by atoms with Gasteiger partial charge in [-0.3, -0.25) is 14.4 Å². The Morgan fingerprint density at radius 3 is 1.98 bits per heavy atom. The standard InChI is InChI=1S/C32H33Br2ClN2O4/c1-31(2)12-22-28(24(38)14-31)27(29-23(37(22)5)13-32(3,4)15-25(29)39)17-10-18(33)30(19(34)11-17)41-16-26(40)36-21-9-7-6-8-20(21)35/h6-11,27H,12-16H2,1-5H3,(H,36,40). The van der Waals surface area contributed by atoms with Crippen molar-refractivity contribution in [1.29, 1.82) is 0 Å². The molecule has 0 spiro atoms. The Bertz CT molecular complexity index is 1460. The number of rotatable bonds is 5. The maximum atomic E-state index is 13.7. The van der Waals surface area contributed by atoms with Crippen molar-refractivity contribution in [2.24, 2.45) is 10.8 Å². The number of hydrogen-bond acceptors (Lipinski definition) is 5. The molecule has 0 saturated carbocycles. The van der Waals surface area contributed by atoms with E-state index in [2.05, 4.69) is 69.8 Å². The van der Waals surface area contributed by atoms with E-state index in [0.29, 0.717) is 49.4 Å². The zero-order valence-electron chi connectivity index (χ0n) is 23.8. The molecule has 0 unspecified atom stereocenters. The van der Waals surface area contributed by atoms with Gasteiger partial charge < -0.3 is 15.0 Å². The molecule has 1 amide bonds. The normalized spacial score (nSPS) is 20.1. The predicted molar refractivity (Wildman–Crippen MR) is 168 cm³/mol. The first-order valence-electron chi connectivity index (χ1n) is 13.6. The van der Waals surface area contributed by atoms with Gasteiger partial charge in [0.2, 0.25) is 0 Å². The number of halogens is 3. The van der Waals surface area contributed by atoms with Crippen LogP contribution >= 0.6 is 43.5 Å². The van der Waals surface area contributed by atoms with Gasteiger partial charge in [-0.1, -0.05) is 51.4 Å². The van der Waals surface area contributed by atoms with Crippen LogP contribution in [0.4, 0.5) is 5.69 Å². The fourth-order valence-electron chi connectivity index (χ4n) is 6.27. The Morgan fingerprint density at radius 2 is 1.46 bits per heavy atom. The van der Waals surface area contributed by atoms with Crippen LogP contribution in [0.15, 0.2) is 67.9 Å². The van der Waals surface area contributed by atoms with Gasteiger partial charge in [0.25, 0.3) is 5.91 Å². The summed E-state index contributed by atoms with van der Waals surface area (Å²) < 4.78 is 7.12. The number of carbonyl (C=O) groups excluding carboxylic acids is 3. The van der Waals surface area contributed by atoms with Crippen molar-refractivity contribution in [2.45, 2.75) is 59.3 Å². The summed E-state index contributed by atoms with van der Waals surface area (Å²) in [6, 6.07) is 10.8. The van der Waals surface area contributed by atoms with Crippen molar-refractivity contribution in [3.8, 4) is 5.75 Å². The summed E-state index contributed by atoms with van der Waals surface area (Å²) in [7, 11) is 2.00. The molecule has 0 saturated heterocycles. The first kappa shape index (κ1) is 30.1. The maximum absolute atomic E-state index is 13.7. The molecule has 1 N–H and O–H groups in total. The molecule has 3 aliphatic rings. The number of hydrogen-bond donors (Lipinski definition) is 1. The zero-order valence-corrected chi connectivity index (χ0v) is 27.7. The number of anilines is 1. The molecule has 2 aromatic rings. The fraction of sp³-hybridized carbons (Fsp3) is 0.406. The number of nitrogens with one attached hydrogen (secondary N) is 1. The predicted octanol–water partition coefficient (Wildman–Crippen LogP) is 8.20. The van der Waals surface area contributed by atoms with Gasteiger partial charge in [-0.15, -0.1) is 0 Å². The van der Waals surface area contributed by atoms with E-state index in [-0.39, 0.29) is 34.9 Å². The topological polar surface area (TPSA) is 75.7 Å². The number of amides is 1. The third kappa shape index (κ3) is 5.93. The molecule has 2 aromatic carbocycles. The van der Waals surface area contributed by atoms with Gasteiger partial charge in [-0.05, 0) is 85.4 Å². The van der Waals surface area contributed by atoms with Crippen molar-refractivity contribution in [3.63, 3.8) is 0 Å². The smallest absolute Gasteiger partial charge is 0.262 e. The van der Waals surface area contributed by atoms with Crippen LogP contribution in [0.2, 0.25) is 5.02 Å². The van der Waals surface area contributed by atoms with Gasteiger partial charge >= 0.3 is 0 Å². The van der Waals surface area contributed by atoms with Gasteiger partial charge in [0.1, 0.15) is 5.75 Å². The molecule has 0 atom stereocenters. The van der Waals surface area contributed by atoms with Gasteiger partial charge in [0, 0.05) is 48.3 Å². The second-order valence-electron chi connectivity index (χ2n) is 12.7. The summed E-state index contributed by atoms with van der Waals surface area (Å²) in [6.45, 7) is 8.26. The quantitative estimate of drug-likeness (QED) is 0.340. The van der Waals surface area contributed by atoms with Gasteiger partial charge in [-0.2, -0.15) is 0 Å². The highest BCUT2D eigenvalue weighted by Gasteiger charge is 2.48. The molecule has 216 valence electrons. The lowest BCUT2D eigenvalue weighted by Crippen LogP contribution is -2.43. The number of para-hydroxylation sites is 1. The minimum absolute atomic E-state index is 0.0844. The van der Waals surface area contributed by atoms with Crippen molar-refractivity contribution < 1.29 is 19.1 Å². The molecular formula is C32H33Br2ClN2O4. The Kier molecular flexibility index (Phi) is 8.07. The lowest BCUT2D eigenvalue weighted by Gasteiger charge is -2.48. The van der Waals surface area contributed by atoms with Crippen LogP contribution in [-0.4, -0.2) is 36.0 Å². The first-order chi connectivity index (χ1) is 19.2. The summed E-state index contributed by atoms with van der Waals surface area (Å²) in [4.78, 5) is 42.2. The Labute approximate surface area is 262 Å². The van der Waals surface area contributed by atoms with Crippen molar-refractivity contribution in [2.75, 3.05) is 19.0 Å². The van der Waals surface area contributed by atoms with Gasteiger partial charge in [0.05, 0.1) is 19.7 Å².